The molecule has 8 heteroatoms. The van der Waals surface area contributed by atoms with Crippen LogP contribution in [0.15, 0.2) is 83.1 Å². The Hall–Kier alpha value is -3.52. The smallest absolute Gasteiger partial charge is 0.248 e. The summed E-state index contributed by atoms with van der Waals surface area (Å²) in [5, 5.41) is 2.72. The lowest BCUT2D eigenvalue weighted by atomic mass is 10.2. The Labute approximate surface area is 181 Å². The summed E-state index contributed by atoms with van der Waals surface area (Å²) >= 11 is 0. The monoisotopic (exact) mass is 434 g/mol. The first-order valence-corrected chi connectivity index (χ1v) is 11.4. The third kappa shape index (κ3) is 4.97. The molecule has 1 fully saturated rings. The summed E-state index contributed by atoms with van der Waals surface area (Å²) in [6.45, 7) is 1.82. The zero-order valence-corrected chi connectivity index (χ0v) is 17.6. The summed E-state index contributed by atoms with van der Waals surface area (Å²) in [7, 11) is -3.71. The predicted octanol–water partition coefficient (Wildman–Crippen LogP) is 3.56. The highest BCUT2D eigenvalue weighted by Crippen LogP contribution is 2.26. The van der Waals surface area contributed by atoms with Crippen LogP contribution >= 0.6 is 0 Å². The van der Waals surface area contributed by atoms with Crippen LogP contribution in [0.2, 0.25) is 0 Å². The molecule has 4 rings (SSSR count). The van der Waals surface area contributed by atoms with Crippen molar-refractivity contribution in [1.82, 2.24) is 9.97 Å². The zero-order valence-electron chi connectivity index (χ0n) is 16.8. The van der Waals surface area contributed by atoms with E-state index in [4.69, 9.17) is 0 Å². The van der Waals surface area contributed by atoms with Gasteiger partial charge in [0.25, 0.3) is 0 Å². The molecule has 3 aromatic rings. The van der Waals surface area contributed by atoms with Gasteiger partial charge in [-0.3, -0.25) is 14.8 Å². The van der Waals surface area contributed by atoms with Crippen molar-refractivity contribution in [2.24, 2.45) is 0 Å². The third-order valence-electron chi connectivity index (χ3n) is 5.02. The van der Waals surface area contributed by atoms with E-state index in [1.54, 1.807) is 48.9 Å². The fourth-order valence-electron chi connectivity index (χ4n) is 3.39. The number of benzene rings is 1. The number of hydrogen-bond acceptors (Lipinski definition) is 6. The first kappa shape index (κ1) is 20.7. The van der Waals surface area contributed by atoms with Crippen LogP contribution in [0.3, 0.4) is 0 Å². The second-order valence-corrected chi connectivity index (χ2v) is 9.16. The van der Waals surface area contributed by atoms with Crippen molar-refractivity contribution in [1.29, 1.82) is 0 Å². The second-order valence-electron chi connectivity index (χ2n) is 7.21. The molecule has 0 unspecified atom stereocenters. The van der Waals surface area contributed by atoms with Gasteiger partial charge < -0.3 is 10.2 Å². The normalized spacial score (nSPS) is 14.1. The fraction of sp³-hybridized carbons (Fsp3) is 0.174. The predicted molar refractivity (Wildman–Crippen MR) is 119 cm³/mol. The van der Waals surface area contributed by atoms with Crippen molar-refractivity contribution in [2.45, 2.75) is 22.6 Å². The molecule has 1 saturated heterocycles. The van der Waals surface area contributed by atoms with Gasteiger partial charge in [0.05, 0.1) is 21.7 Å². The molecule has 1 aliphatic heterocycles. The molecule has 2 aromatic heterocycles. The Morgan fingerprint density at radius 3 is 2.45 bits per heavy atom. The van der Waals surface area contributed by atoms with Crippen molar-refractivity contribution in [3.63, 3.8) is 0 Å². The molecule has 1 aromatic carbocycles. The van der Waals surface area contributed by atoms with E-state index in [0.29, 0.717) is 5.69 Å². The van der Waals surface area contributed by atoms with Crippen LogP contribution in [0, 0.1) is 0 Å². The summed E-state index contributed by atoms with van der Waals surface area (Å²) in [6.07, 6.45) is 11.6. The Bertz CT molecular complexity index is 1190. The highest BCUT2D eigenvalue weighted by atomic mass is 32.2. The van der Waals surface area contributed by atoms with Gasteiger partial charge in [0, 0.05) is 43.4 Å². The molecule has 1 amide bonds. The number of nitrogens with one attached hydrogen (secondary N) is 1. The van der Waals surface area contributed by atoms with E-state index < -0.39 is 9.84 Å². The lowest BCUT2D eigenvalue weighted by molar-refractivity contribution is -0.111. The number of nitrogens with zero attached hydrogens (tertiary/aromatic N) is 3. The van der Waals surface area contributed by atoms with Gasteiger partial charge in [0.1, 0.15) is 0 Å². The van der Waals surface area contributed by atoms with Crippen molar-refractivity contribution in [3.05, 3.63) is 78.9 Å². The number of aromatic nitrogens is 2. The van der Waals surface area contributed by atoms with Crippen molar-refractivity contribution < 1.29 is 13.2 Å². The van der Waals surface area contributed by atoms with E-state index in [-0.39, 0.29) is 15.7 Å². The van der Waals surface area contributed by atoms with Crippen molar-refractivity contribution >= 4 is 33.2 Å². The molecule has 3 heterocycles. The van der Waals surface area contributed by atoms with Gasteiger partial charge in [-0.15, -0.1) is 0 Å². The molecule has 0 bridgehead atoms. The SMILES string of the molecule is O=C(/C=C/c1cccnc1)Nc1ccc(S(=O)(=O)c2cncc(N3CCCC3)c2)cc1. The molecular weight excluding hydrogens is 412 g/mol. The molecule has 0 radical (unpaired) electrons. The first-order chi connectivity index (χ1) is 15.0. The third-order valence-corrected chi connectivity index (χ3v) is 6.76. The highest BCUT2D eigenvalue weighted by molar-refractivity contribution is 7.91. The zero-order chi connectivity index (χ0) is 21.7. The molecule has 7 nitrogen and oxygen atoms in total. The van der Waals surface area contributed by atoms with Crippen LogP contribution in [0.5, 0.6) is 0 Å². The maximum Gasteiger partial charge on any atom is 0.248 e. The van der Waals surface area contributed by atoms with Gasteiger partial charge in [-0.1, -0.05) is 6.07 Å². The number of carbonyl (C=O) groups is 1. The molecule has 1 aliphatic rings. The molecular formula is C23H22N4O3S. The van der Waals surface area contributed by atoms with Gasteiger partial charge in [0.15, 0.2) is 0 Å². The van der Waals surface area contributed by atoms with E-state index in [9.17, 15) is 13.2 Å². The number of anilines is 2. The van der Waals surface area contributed by atoms with Crippen LogP contribution in [0.1, 0.15) is 18.4 Å². The van der Waals surface area contributed by atoms with Crippen molar-refractivity contribution in [2.75, 3.05) is 23.3 Å². The topological polar surface area (TPSA) is 92.3 Å². The molecule has 0 saturated carbocycles. The lowest BCUT2D eigenvalue weighted by Gasteiger charge is -2.17. The minimum Gasteiger partial charge on any atom is -0.370 e. The van der Waals surface area contributed by atoms with E-state index >= 15 is 0 Å². The van der Waals surface area contributed by atoms with Gasteiger partial charge >= 0.3 is 0 Å². The molecule has 0 aliphatic carbocycles. The Kier molecular flexibility index (Phi) is 6.08. The summed E-state index contributed by atoms with van der Waals surface area (Å²) < 4.78 is 26.1. The van der Waals surface area contributed by atoms with Crippen LogP contribution in [-0.4, -0.2) is 37.4 Å². The van der Waals surface area contributed by atoms with E-state index in [0.717, 1.165) is 37.2 Å². The quantitative estimate of drug-likeness (QED) is 0.597. The average Bonchev–Trinajstić information content (AvgIpc) is 3.34. The summed E-state index contributed by atoms with van der Waals surface area (Å²) in [5.74, 6) is -0.318. The van der Waals surface area contributed by atoms with Crippen LogP contribution in [-0.2, 0) is 14.6 Å². The maximum atomic E-state index is 13.0. The average molecular weight is 435 g/mol. The number of rotatable bonds is 6. The Morgan fingerprint density at radius 2 is 1.74 bits per heavy atom. The first-order valence-electron chi connectivity index (χ1n) is 9.97. The summed E-state index contributed by atoms with van der Waals surface area (Å²) in [5.41, 5.74) is 2.13. The van der Waals surface area contributed by atoms with E-state index in [1.807, 2.05) is 6.07 Å². The fourth-order valence-corrected chi connectivity index (χ4v) is 4.63. The minimum absolute atomic E-state index is 0.150. The lowest BCUT2D eigenvalue weighted by Crippen LogP contribution is -2.18. The van der Waals surface area contributed by atoms with Crippen LogP contribution < -0.4 is 10.2 Å². The largest absolute Gasteiger partial charge is 0.370 e. The van der Waals surface area contributed by atoms with Crippen LogP contribution in [0.25, 0.3) is 6.08 Å². The number of pyridine rings is 2. The Morgan fingerprint density at radius 1 is 0.968 bits per heavy atom. The van der Waals surface area contributed by atoms with E-state index in [2.05, 4.69) is 20.2 Å². The highest BCUT2D eigenvalue weighted by Gasteiger charge is 2.21. The number of amides is 1. The summed E-state index contributed by atoms with van der Waals surface area (Å²) in [6, 6.07) is 11.4. The van der Waals surface area contributed by atoms with E-state index in [1.165, 1.54) is 24.4 Å². The Balaban J connectivity index is 1.46. The minimum atomic E-state index is -3.71. The number of sulfone groups is 1. The second kappa shape index (κ2) is 9.09. The van der Waals surface area contributed by atoms with Gasteiger partial charge in [-0.2, -0.15) is 0 Å². The number of hydrogen-bond donors (Lipinski definition) is 1. The van der Waals surface area contributed by atoms with Crippen molar-refractivity contribution in [3.8, 4) is 0 Å². The summed E-state index contributed by atoms with van der Waals surface area (Å²) in [4.78, 5) is 22.7. The maximum absolute atomic E-state index is 13.0. The molecule has 158 valence electrons. The standard InChI is InChI=1S/C23H22N4O3S/c28-23(10-5-18-4-3-11-24-15-18)26-19-6-8-21(9-7-19)31(29,30)22-14-20(16-25-17-22)27-12-1-2-13-27/h3-11,14-17H,1-2,12-13H2,(H,26,28)/b10-5+. The molecule has 1 N–H and O–H groups in total. The van der Waals surface area contributed by atoms with Gasteiger partial charge in [-0.05, 0) is 60.9 Å². The molecule has 0 atom stereocenters. The molecule has 0 spiro atoms. The van der Waals surface area contributed by atoms with Gasteiger partial charge in [-0.25, -0.2) is 8.42 Å². The number of carbonyl (C=O) groups excluding carboxylic acids is 1. The molecule has 31 heavy (non-hydrogen) atoms. The van der Waals surface area contributed by atoms with Gasteiger partial charge in [0.2, 0.25) is 15.7 Å². The van der Waals surface area contributed by atoms with Crippen LogP contribution in [0.4, 0.5) is 11.4 Å².